The second-order valence-corrected chi connectivity index (χ2v) is 8.90. The first-order valence-corrected chi connectivity index (χ1v) is 10.8. The molecule has 2 amide bonds. The lowest BCUT2D eigenvalue weighted by Crippen LogP contribution is -2.40. The zero-order valence-electron chi connectivity index (χ0n) is 17.5. The molecule has 5 rings (SSSR count). The molecule has 2 heterocycles. The van der Waals surface area contributed by atoms with Gasteiger partial charge < -0.3 is 16.0 Å². The number of fused-ring (bicyclic) bond motifs is 2. The van der Waals surface area contributed by atoms with E-state index < -0.39 is 0 Å². The second kappa shape index (κ2) is 7.07. The highest BCUT2D eigenvalue weighted by Crippen LogP contribution is 2.44. The van der Waals surface area contributed by atoms with Gasteiger partial charge in [0.1, 0.15) is 18.0 Å². The van der Waals surface area contributed by atoms with E-state index in [1.165, 1.54) is 12.7 Å². The first-order valence-electron chi connectivity index (χ1n) is 10.8. The fraction of sp³-hybridized carbons (Fsp3) is 0.478. The number of nitrogens with one attached hydrogen (secondary N) is 3. The number of carbonyl (C=O) groups is 2. The number of hydrogen-bond donors (Lipinski definition) is 3. The van der Waals surface area contributed by atoms with Crippen molar-refractivity contribution in [2.45, 2.75) is 64.3 Å². The molecule has 1 aliphatic heterocycles. The predicted octanol–water partition coefficient (Wildman–Crippen LogP) is 4.09. The van der Waals surface area contributed by atoms with Crippen LogP contribution in [0.5, 0.6) is 0 Å². The van der Waals surface area contributed by atoms with E-state index in [1.54, 1.807) is 0 Å². The van der Waals surface area contributed by atoms with Crippen LogP contribution >= 0.6 is 0 Å². The summed E-state index contributed by atoms with van der Waals surface area (Å²) in [6, 6.07) is 4.08. The quantitative estimate of drug-likeness (QED) is 0.712. The van der Waals surface area contributed by atoms with E-state index in [4.69, 9.17) is 0 Å². The minimum absolute atomic E-state index is 0.0277. The standard InChI is InChI=1S/C23H27N5O2/c1-13-10-16(11-17-18(13)22(30)28-23(17)8-4-3-5-9-23)26-19-14(2)20(25-12-24-19)27-21(29)15-6-7-15/h10-12,15H,3-9H2,1-2H3,(H,28,30)(H2,24,25,26,27,29). The zero-order valence-corrected chi connectivity index (χ0v) is 17.5. The molecular formula is C23H27N5O2. The van der Waals surface area contributed by atoms with Crippen LogP contribution in [0.2, 0.25) is 0 Å². The number of benzene rings is 1. The van der Waals surface area contributed by atoms with Gasteiger partial charge in [-0.1, -0.05) is 19.3 Å². The average Bonchev–Trinajstić information content (AvgIpc) is 3.53. The maximum atomic E-state index is 12.7. The van der Waals surface area contributed by atoms with Gasteiger partial charge in [0, 0.05) is 22.7 Å². The highest BCUT2D eigenvalue weighted by molar-refractivity contribution is 6.02. The van der Waals surface area contributed by atoms with Crippen LogP contribution < -0.4 is 16.0 Å². The Labute approximate surface area is 176 Å². The van der Waals surface area contributed by atoms with Gasteiger partial charge in [0.15, 0.2) is 0 Å². The molecule has 156 valence electrons. The fourth-order valence-electron chi connectivity index (χ4n) is 4.84. The van der Waals surface area contributed by atoms with Crippen LogP contribution in [-0.2, 0) is 10.3 Å². The Morgan fingerprint density at radius 1 is 1.10 bits per heavy atom. The Bertz CT molecular complexity index is 1040. The molecule has 3 N–H and O–H groups in total. The smallest absolute Gasteiger partial charge is 0.252 e. The van der Waals surface area contributed by atoms with Gasteiger partial charge in [-0.2, -0.15) is 0 Å². The molecule has 3 aliphatic rings. The lowest BCUT2D eigenvalue weighted by Gasteiger charge is -2.34. The fourth-order valence-corrected chi connectivity index (χ4v) is 4.84. The van der Waals surface area contributed by atoms with Gasteiger partial charge in [0.2, 0.25) is 5.91 Å². The number of rotatable bonds is 4. The normalized spacial score (nSPS) is 19.3. The van der Waals surface area contributed by atoms with Crippen LogP contribution in [0.3, 0.4) is 0 Å². The van der Waals surface area contributed by atoms with Crippen LogP contribution in [0.1, 0.15) is 72.0 Å². The summed E-state index contributed by atoms with van der Waals surface area (Å²) >= 11 is 0. The maximum absolute atomic E-state index is 12.7. The number of nitrogens with zero attached hydrogens (tertiary/aromatic N) is 2. The van der Waals surface area contributed by atoms with Gasteiger partial charge in [-0.05, 0) is 62.8 Å². The minimum Gasteiger partial charge on any atom is -0.342 e. The Balaban J connectivity index is 1.46. The van der Waals surface area contributed by atoms with Crippen molar-refractivity contribution in [3.05, 3.63) is 40.7 Å². The van der Waals surface area contributed by atoms with Crippen molar-refractivity contribution in [3.63, 3.8) is 0 Å². The number of hydrogen-bond acceptors (Lipinski definition) is 5. The van der Waals surface area contributed by atoms with E-state index in [1.807, 2.05) is 19.9 Å². The molecule has 0 unspecified atom stereocenters. The zero-order chi connectivity index (χ0) is 20.9. The Morgan fingerprint density at radius 3 is 2.57 bits per heavy atom. The summed E-state index contributed by atoms with van der Waals surface area (Å²) in [5.41, 5.74) is 4.34. The number of aryl methyl sites for hydroxylation is 1. The molecule has 0 atom stereocenters. The van der Waals surface area contributed by atoms with E-state index in [0.717, 1.165) is 66.5 Å². The molecule has 2 saturated carbocycles. The highest BCUT2D eigenvalue weighted by Gasteiger charge is 2.44. The molecule has 7 heteroatoms. The summed E-state index contributed by atoms with van der Waals surface area (Å²) in [5.74, 6) is 1.39. The van der Waals surface area contributed by atoms with Crippen molar-refractivity contribution in [1.29, 1.82) is 0 Å². The summed E-state index contributed by atoms with van der Waals surface area (Å²) in [5, 5.41) is 9.60. The van der Waals surface area contributed by atoms with Crippen LogP contribution in [-0.4, -0.2) is 21.8 Å². The molecule has 2 aromatic rings. The summed E-state index contributed by atoms with van der Waals surface area (Å²) in [7, 11) is 0. The van der Waals surface area contributed by atoms with Gasteiger partial charge >= 0.3 is 0 Å². The molecule has 7 nitrogen and oxygen atoms in total. The maximum Gasteiger partial charge on any atom is 0.252 e. The molecule has 2 fully saturated rings. The van der Waals surface area contributed by atoms with E-state index in [2.05, 4.69) is 32.0 Å². The lowest BCUT2D eigenvalue weighted by atomic mass is 9.77. The van der Waals surface area contributed by atoms with Crippen LogP contribution in [0.15, 0.2) is 18.5 Å². The highest BCUT2D eigenvalue weighted by atomic mass is 16.2. The van der Waals surface area contributed by atoms with Crippen molar-refractivity contribution >= 4 is 29.1 Å². The second-order valence-electron chi connectivity index (χ2n) is 8.90. The molecule has 1 aromatic heterocycles. The summed E-state index contributed by atoms with van der Waals surface area (Å²) in [6.45, 7) is 3.89. The van der Waals surface area contributed by atoms with E-state index in [0.29, 0.717) is 11.6 Å². The van der Waals surface area contributed by atoms with Gasteiger partial charge in [-0.15, -0.1) is 0 Å². The lowest BCUT2D eigenvalue weighted by molar-refractivity contribution is -0.117. The molecule has 0 radical (unpaired) electrons. The van der Waals surface area contributed by atoms with Crippen molar-refractivity contribution < 1.29 is 9.59 Å². The number of amides is 2. The Hall–Kier alpha value is -2.96. The Morgan fingerprint density at radius 2 is 1.83 bits per heavy atom. The van der Waals surface area contributed by atoms with Gasteiger partial charge in [-0.25, -0.2) is 9.97 Å². The van der Waals surface area contributed by atoms with E-state index in [9.17, 15) is 9.59 Å². The van der Waals surface area contributed by atoms with Gasteiger partial charge in [0.25, 0.3) is 5.91 Å². The molecule has 0 bridgehead atoms. The Kier molecular flexibility index (Phi) is 4.49. The molecule has 30 heavy (non-hydrogen) atoms. The van der Waals surface area contributed by atoms with Gasteiger partial charge in [0.05, 0.1) is 5.54 Å². The molecule has 0 saturated heterocycles. The SMILES string of the molecule is Cc1cc(Nc2ncnc(NC(=O)C3CC3)c2C)cc2c1C(=O)NC21CCCCC1. The largest absolute Gasteiger partial charge is 0.342 e. The number of anilines is 3. The van der Waals surface area contributed by atoms with E-state index >= 15 is 0 Å². The third-order valence-corrected chi connectivity index (χ3v) is 6.67. The topological polar surface area (TPSA) is 96.0 Å². The molecule has 2 aliphatic carbocycles. The number of carbonyl (C=O) groups excluding carboxylic acids is 2. The third kappa shape index (κ3) is 3.22. The van der Waals surface area contributed by atoms with Gasteiger partial charge in [-0.3, -0.25) is 9.59 Å². The molecule has 1 aromatic carbocycles. The van der Waals surface area contributed by atoms with Crippen molar-refractivity contribution in [2.75, 3.05) is 10.6 Å². The van der Waals surface area contributed by atoms with Crippen molar-refractivity contribution in [1.82, 2.24) is 15.3 Å². The number of aromatic nitrogens is 2. The summed E-state index contributed by atoms with van der Waals surface area (Å²) in [4.78, 5) is 33.5. The average molecular weight is 406 g/mol. The summed E-state index contributed by atoms with van der Waals surface area (Å²) < 4.78 is 0. The third-order valence-electron chi connectivity index (χ3n) is 6.67. The summed E-state index contributed by atoms with van der Waals surface area (Å²) in [6.07, 6.45) is 8.81. The van der Waals surface area contributed by atoms with Crippen molar-refractivity contribution in [3.8, 4) is 0 Å². The first-order chi connectivity index (χ1) is 14.5. The molecular weight excluding hydrogens is 378 g/mol. The molecule has 1 spiro atoms. The predicted molar refractivity (Wildman–Crippen MR) is 115 cm³/mol. The van der Waals surface area contributed by atoms with Crippen LogP contribution in [0, 0.1) is 19.8 Å². The van der Waals surface area contributed by atoms with Crippen molar-refractivity contribution in [2.24, 2.45) is 5.92 Å². The minimum atomic E-state index is -0.239. The first kappa shape index (κ1) is 19.0. The van der Waals surface area contributed by atoms with Crippen LogP contribution in [0.4, 0.5) is 17.3 Å². The van der Waals surface area contributed by atoms with E-state index in [-0.39, 0.29) is 23.3 Å². The monoisotopic (exact) mass is 405 g/mol. The van der Waals surface area contributed by atoms with Crippen LogP contribution in [0.25, 0.3) is 0 Å².